The molecule has 1 aliphatic heterocycles. The number of carbonyl (C=O) groups is 2. The average Bonchev–Trinajstić information content (AvgIpc) is 3.25. The molecular formula is C21H23F3N2O5S. The van der Waals surface area contributed by atoms with E-state index >= 15 is 0 Å². The normalized spacial score (nSPS) is 16.1. The lowest BCUT2D eigenvalue weighted by Crippen LogP contribution is -2.46. The summed E-state index contributed by atoms with van der Waals surface area (Å²) in [6.45, 7) is -0.333. The summed E-state index contributed by atoms with van der Waals surface area (Å²) in [5.74, 6) is -1.36. The van der Waals surface area contributed by atoms with Gasteiger partial charge in [-0.15, -0.1) is 0 Å². The molecule has 0 unspecified atom stereocenters. The van der Waals surface area contributed by atoms with Crippen LogP contribution in [0.1, 0.15) is 35.9 Å². The van der Waals surface area contributed by atoms with Gasteiger partial charge < -0.3 is 9.32 Å². The van der Waals surface area contributed by atoms with E-state index in [0.29, 0.717) is 10.5 Å². The van der Waals surface area contributed by atoms with Gasteiger partial charge >= 0.3 is 6.18 Å². The summed E-state index contributed by atoms with van der Waals surface area (Å²) in [7, 11) is -3.84. The van der Waals surface area contributed by atoms with Crippen LogP contribution in [0.5, 0.6) is 0 Å². The first-order chi connectivity index (χ1) is 15.0. The zero-order chi connectivity index (χ0) is 23.5. The SMILES string of the molecule is CC(=O)c1ccc(S(=O)(=O)N2CCC(C(=O)N(Cc3ccco3)CC(F)(F)F)CC2)cc1. The molecule has 1 aliphatic rings. The molecule has 0 atom stereocenters. The smallest absolute Gasteiger partial charge is 0.406 e. The molecule has 1 fully saturated rings. The lowest BCUT2D eigenvalue weighted by Gasteiger charge is -2.33. The van der Waals surface area contributed by atoms with Gasteiger partial charge in [0.1, 0.15) is 12.3 Å². The molecule has 1 aromatic heterocycles. The van der Waals surface area contributed by atoms with Crippen LogP contribution in [0.4, 0.5) is 13.2 Å². The van der Waals surface area contributed by atoms with Crippen LogP contribution in [0.25, 0.3) is 0 Å². The summed E-state index contributed by atoms with van der Waals surface area (Å²) in [6, 6.07) is 8.56. The number of hydrogen-bond acceptors (Lipinski definition) is 5. The van der Waals surface area contributed by atoms with Gasteiger partial charge in [0.05, 0.1) is 17.7 Å². The molecule has 0 aliphatic carbocycles. The van der Waals surface area contributed by atoms with Crippen molar-refractivity contribution in [2.24, 2.45) is 5.92 Å². The maximum atomic E-state index is 13.0. The van der Waals surface area contributed by atoms with Crippen LogP contribution in [0.2, 0.25) is 0 Å². The number of Topliss-reactive ketones (excluding diaryl/α,β-unsaturated/α-hetero) is 1. The van der Waals surface area contributed by atoms with Crippen LogP contribution in [0.15, 0.2) is 52.0 Å². The zero-order valence-corrected chi connectivity index (χ0v) is 18.2. The molecule has 0 bridgehead atoms. The van der Waals surface area contributed by atoms with E-state index in [9.17, 15) is 31.2 Å². The van der Waals surface area contributed by atoms with Gasteiger partial charge in [-0.3, -0.25) is 9.59 Å². The predicted molar refractivity (Wildman–Crippen MR) is 108 cm³/mol. The van der Waals surface area contributed by atoms with E-state index in [4.69, 9.17) is 4.42 Å². The number of piperidine rings is 1. The van der Waals surface area contributed by atoms with Gasteiger partial charge in [-0.2, -0.15) is 17.5 Å². The molecule has 7 nitrogen and oxygen atoms in total. The van der Waals surface area contributed by atoms with E-state index in [2.05, 4.69) is 0 Å². The molecule has 1 aromatic carbocycles. The van der Waals surface area contributed by atoms with Gasteiger partial charge in [0, 0.05) is 24.6 Å². The van der Waals surface area contributed by atoms with Crippen molar-refractivity contribution in [2.75, 3.05) is 19.6 Å². The number of sulfonamides is 1. The Balaban J connectivity index is 1.67. The summed E-state index contributed by atoms with van der Waals surface area (Å²) in [5, 5.41) is 0. The number of nitrogens with zero attached hydrogens (tertiary/aromatic N) is 2. The third-order valence-electron chi connectivity index (χ3n) is 5.31. The average molecular weight is 472 g/mol. The maximum Gasteiger partial charge on any atom is 0.406 e. The fourth-order valence-corrected chi connectivity index (χ4v) is 5.10. The van der Waals surface area contributed by atoms with Gasteiger partial charge in [-0.25, -0.2) is 8.42 Å². The largest absolute Gasteiger partial charge is 0.467 e. The second-order valence-corrected chi connectivity index (χ2v) is 9.59. The van der Waals surface area contributed by atoms with Crippen LogP contribution < -0.4 is 0 Å². The number of carbonyl (C=O) groups excluding carboxylic acids is 2. The fourth-order valence-electron chi connectivity index (χ4n) is 3.63. The highest BCUT2D eigenvalue weighted by Crippen LogP contribution is 2.27. The lowest BCUT2D eigenvalue weighted by atomic mass is 9.96. The summed E-state index contributed by atoms with van der Waals surface area (Å²) >= 11 is 0. The van der Waals surface area contributed by atoms with E-state index in [1.807, 2.05) is 0 Å². The minimum absolute atomic E-state index is 0.00775. The molecule has 1 amide bonds. The molecule has 174 valence electrons. The van der Waals surface area contributed by atoms with Gasteiger partial charge in [0.15, 0.2) is 5.78 Å². The van der Waals surface area contributed by atoms with Crippen molar-refractivity contribution in [3.8, 4) is 0 Å². The van der Waals surface area contributed by atoms with Crippen molar-refractivity contribution in [3.05, 3.63) is 54.0 Å². The molecule has 0 spiro atoms. The van der Waals surface area contributed by atoms with Crippen molar-refractivity contribution in [1.29, 1.82) is 0 Å². The lowest BCUT2D eigenvalue weighted by molar-refractivity contribution is -0.166. The Kier molecular flexibility index (Phi) is 7.09. The summed E-state index contributed by atoms with van der Waals surface area (Å²) in [6.07, 6.45) is -3.04. The first kappa shape index (κ1) is 24.0. The molecule has 3 rings (SSSR count). The van der Waals surface area contributed by atoms with Crippen molar-refractivity contribution in [2.45, 2.75) is 37.4 Å². The highest BCUT2D eigenvalue weighted by Gasteiger charge is 2.38. The van der Waals surface area contributed by atoms with Gasteiger partial charge in [-0.1, -0.05) is 12.1 Å². The van der Waals surface area contributed by atoms with Crippen LogP contribution in [0.3, 0.4) is 0 Å². The molecule has 11 heteroatoms. The Labute approximate surface area is 183 Å². The van der Waals surface area contributed by atoms with Crippen molar-refractivity contribution < 1.29 is 35.6 Å². The Morgan fingerprint density at radius 1 is 1.12 bits per heavy atom. The second kappa shape index (κ2) is 9.45. The van der Waals surface area contributed by atoms with E-state index in [0.717, 1.165) is 0 Å². The highest BCUT2D eigenvalue weighted by atomic mass is 32.2. The summed E-state index contributed by atoms with van der Waals surface area (Å²) in [4.78, 5) is 24.9. The molecule has 1 saturated heterocycles. The highest BCUT2D eigenvalue weighted by molar-refractivity contribution is 7.89. The molecule has 0 N–H and O–H groups in total. The number of alkyl halides is 3. The number of amides is 1. The van der Waals surface area contributed by atoms with Crippen LogP contribution in [-0.4, -0.2) is 55.1 Å². The Morgan fingerprint density at radius 3 is 2.25 bits per heavy atom. The summed E-state index contributed by atoms with van der Waals surface area (Å²) < 4.78 is 71.1. The maximum absolute atomic E-state index is 13.0. The van der Waals surface area contributed by atoms with E-state index < -0.39 is 34.6 Å². The Bertz CT molecular complexity index is 1040. The van der Waals surface area contributed by atoms with E-state index in [1.54, 1.807) is 0 Å². The molecule has 2 heterocycles. The standard InChI is InChI=1S/C21H23F3N2O5S/c1-15(27)16-4-6-19(7-5-16)32(29,30)26-10-8-17(9-11-26)20(28)25(14-21(22,23)24)13-18-3-2-12-31-18/h2-7,12,17H,8-11,13-14H2,1H3. The number of halogens is 3. The molecule has 0 saturated carbocycles. The fraction of sp³-hybridized carbons (Fsp3) is 0.429. The topological polar surface area (TPSA) is 87.9 Å². The first-order valence-corrected chi connectivity index (χ1v) is 11.4. The van der Waals surface area contributed by atoms with Crippen LogP contribution in [0, 0.1) is 5.92 Å². The zero-order valence-electron chi connectivity index (χ0n) is 17.3. The third-order valence-corrected chi connectivity index (χ3v) is 7.22. The summed E-state index contributed by atoms with van der Waals surface area (Å²) in [5.41, 5.74) is 0.384. The number of ketones is 1. The number of benzene rings is 1. The van der Waals surface area contributed by atoms with Gasteiger partial charge in [-0.05, 0) is 44.0 Å². The molecule has 2 aromatic rings. The third kappa shape index (κ3) is 5.77. The van der Waals surface area contributed by atoms with Crippen LogP contribution >= 0.6 is 0 Å². The monoisotopic (exact) mass is 472 g/mol. The first-order valence-electron chi connectivity index (χ1n) is 9.96. The Hall–Kier alpha value is -2.66. The van der Waals surface area contributed by atoms with Crippen molar-refractivity contribution in [1.82, 2.24) is 9.21 Å². The number of hydrogen-bond donors (Lipinski definition) is 0. The van der Waals surface area contributed by atoms with Crippen molar-refractivity contribution >= 4 is 21.7 Å². The number of rotatable bonds is 7. The molecule has 32 heavy (non-hydrogen) atoms. The van der Waals surface area contributed by atoms with Crippen LogP contribution in [-0.2, 0) is 21.4 Å². The minimum atomic E-state index is -4.57. The quantitative estimate of drug-likeness (QED) is 0.576. The number of furan rings is 1. The Morgan fingerprint density at radius 2 is 1.75 bits per heavy atom. The van der Waals surface area contributed by atoms with Crippen molar-refractivity contribution in [3.63, 3.8) is 0 Å². The predicted octanol–water partition coefficient (Wildman–Crippen LogP) is 3.47. The van der Waals surface area contributed by atoms with E-state index in [-0.39, 0.29) is 48.9 Å². The molecular weight excluding hydrogens is 449 g/mol. The minimum Gasteiger partial charge on any atom is -0.467 e. The van der Waals surface area contributed by atoms with Gasteiger partial charge in [0.2, 0.25) is 15.9 Å². The second-order valence-electron chi connectivity index (χ2n) is 7.65. The van der Waals surface area contributed by atoms with E-state index in [1.165, 1.54) is 53.9 Å². The molecule has 0 radical (unpaired) electrons. The van der Waals surface area contributed by atoms with Gasteiger partial charge in [0.25, 0.3) is 0 Å².